The van der Waals surface area contributed by atoms with Crippen molar-refractivity contribution in [3.63, 3.8) is 0 Å². The fourth-order valence-corrected chi connectivity index (χ4v) is 2.40. The van der Waals surface area contributed by atoms with Gasteiger partial charge in [-0.05, 0) is 20.3 Å². The van der Waals surface area contributed by atoms with Gasteiger partial charge in [0.1, 0.15) is 5.75 Å². The standard InChI is InChI=1S/C15H27N3O/c1-5-6-7-8-13(18-16)9-14-12(3)15(19-4)11(2)10-17-14/h10,13,18H,5-9,16H2,1-4H3. The van der Waals surface area contributed by atoms with Crippen LogP contribution < -0.4 is 16.0 Å². The number of ether oxygens (including phenoxy) is 1. The SMILES string of the molecule is CCCCCC(Cc1ncc(C)c(OC)c1C)NN. The van der Waals surface area contributed by atoms with Gasteiger partial charge in [0.25, 0.3) is 0 Å². The summed E-state index contributed by atoms with van der Waals surface area (Å²) in [5, 5.41) is 0. The average Bonchev–Trinajstić information content (AvgIpc) is 2.41. The van der Waals surface area contributed by atoms with Gasteiger partial charge in [-0.25, -0.2) is 0 Å². The van der Waals surface area contributed by atoms with Gasteiger partial charge in [0.2, 0.25) is 0 Å². The molecule has 0 spiro atoms. The number of hydrogen-bond acceptors (Lipinski definition) is 4. The van der Waals surface area contributed by atoms with E-state index in [4.69, 9.17) is 10.6 Å². The molecule has 19 heavy (non-hydrogen) atoms. The molecular formula is C15H27N3O. The highest BCUT2D eigenvalue weighted by Crippen LogP contribution is 2.25. The molecule has 108 valence electrons. The van der Waals surface area contributed by atoms with E-state index in [0.717, 1.165) is 35.4 Å². The maximum atomic E-state index is 5.64. The molecule has 4 heteroatoms. The maximum absolute atomic E-state index is 5.64. The summed E-state index contributed by atoms with van der Waals surface area (Å²) in [7, 11) is 1.71. The van der Waals surface area contributed by atoms with Crippen LogP contribution >= 0.6 is 0 Å². The van der Waals surface area contributed by atoms with Crippen LogP contribution in [0.4, 0.5) is 0 Å². The van der Waals surface area contributed by atoms with Crippen molar-refractivity contribution >= 4 is 0 Å². The van der Waals surface area contributed by atoms with Crippen LogP contribution in [0.15, 0.2) is 6.20 Å². The zero-order valence-electron chi connectivity index (χ0n) is 12.6. The van der Waals surface area contributed by atoms with Crippen molar-refractivity contribution in [3.8, 4) is 5.75 Å². The lowest BCUT2D eigenvalue weighted by Crippen LogP contribution is -2.37. The van der Waals surface area contributed by atoms with Crippen LogP contribution in [-0.2, 0) is 6.42 Å². The third-order valence-corrected chi connectivity index (χ3v) is 3.58. The summed E-state index contributed by atoms with van der Waals surface area (Å²) in [6.45, 7) is 6.29. The molecule has 0 aliphatic heterocycles. The van der Waals surface area contributed by atoms with Crippen LogP contribution in [0.5, 0.6) is 5.75 Å². The largest absolute Gasteiger partial charge is 0.496 e. The minimum atomic E-state index is 0.283. The quantitative estimate of drug-likeness (QED) is 0.431. The van der Waals surface area contributed by atoms with Gasteiger partial charge >= 0.3 is 0 Å². The molecule has 0 saturated carbocycles. The highest BCUT2D eigenvalue weighted by molar-refractivity contribution is 5.41. The zero-order valence-corrected chi connectivity index (χ0v) is 12.6. The zero-order chi connectivity index (χ0) is 14.3. The first-order chi connectivity index (χ1) is 9.13. The van der Waals surface area contributed by atoms with Crippen molar-refractivity contribution in [2.75, 3.05) is 7.11 Å². The fourth-order valence-electron chi connectivity index (χ4n) is 2.40. The molecule has 3 N–H and O–H groups in total. The smallest absolute Gasteiger partial charge is 0.128 e. The summed E-state index contributed by atoms with van der Waals surface area (Å²) in [5.41, 5.74) is 6.18. The third-order valence-electron chi connectivity index (χ3n) is 3.58. The molecule has 1 unspecified atom stereocenters. The van der Waals surface area contributed by atoms with Crippen LogP contribution in [-0.4, -0.2) is 18.1 Å². The number of nitrogens with zero attached hydrogens (tertiary/aromatic N) is 1. The molecule has 0 amide bonds. The van der Waals surface area contributed by atoms with Gasteiger partial charge in [-0.2, -0.15) is 0 Å². The second kappa shape index (κ2) is 8.12. The molecule has 4 nitrogen and oxygen atoms in total. The van der Waals surface area contributed by atoms with E-state index in [1.54, 1.807) is 7.11 Å². The predicted octanol–water partition coefficient (Wildman–Crippen LogP) is 2.66. The normalized spacial score (nSPS) is 12.5. The lowest BCUT2D eigenvalue weighted by atomic mass is 10.0. The first-order valence-corrected chi connectivity index (χ1v) is 7.09. The van der Waals surface area contributed by atoms with Crippen molar-refractivity contribution in [1.82, 2.24) is 10.4 Å². The molecule has 1 aromatic heterocycles. The van der Waals surface area contributed by atoms with Crippen LogP contribution in [0, 0.1) is 13.8 Å². The summed E-state index contributed by atoms with van der Waals surface area (Å²) in [4.78, 5) is 4.53. The van der Waals surface area contributed by atoms with E-state index in [-0.39, 0.29) is 6.04 Å². The van der Waals surface area contributed by atoms with Crippen molar-refractivity contribution in [1.29, 1.82) is 0 Å². The topological polar surface area (TPSA) is 60.2 Å². The Kier molecular flexibility index (Phi) is 6.81. The van der Waals surface area contributed by atoms with Gasteiger partial charge in [0.05, 0.1) is 7.11 Å². The molecule has 0 bridgehead atoms. The van der Waals surface area contributed by atoms with E-state index in [0.29, 0.717) is 0 Å². The Morgan fingerprint density at radius 2 is 2.11 bits per heavy atom. The Balaban J connectivity index is 2.74. The van der Waals surface area contributed by atoms with Crippen molar-refractivity contribution in [2.45, 2.75) is 58.9 Å². The Morgan fingerprint density at radius 3 is 2.68 bits per heavy atom. The van der Waals surface area contributed by atoms with Crippen LogP contribution in [0.2, 0.25) is 0 Å². The van der Waals surface area contributed by atoms with Gasteiger partial charge in [-0.3, -0.25) is 16.3 Å². The molecule has 1 heterocycles. The van der Waals surface area contributed by atoms with Crippen LogP contribution in [0.25, 0.3) is 0 Å². The van der Waals surface area contributed by atoms with Gasteiger partial charge in [0.15, 0.2) is 0 Å². The number of hydrogen-bond donors (Lipinski definition) is 2. The molecular weight excluding hydrogens is 238 g/mol. The molecule has 1 aromatic rings. The van der Waals surface area contributed by atoms with Gasteiger partial charge in [-0.1, -0.05) is 26.2 Å². The minimum Gasteiger partial charge on any atom is -0.496 e. The first-order valence-electron chi connectivity index (χ1n) is 7.09. The number of pyridine rings is 1. The van der Waals surface area contributed by atoms with Crippen molar-refractivity contribution in [3.05, 3.63) is 23.0 Å². The first kappa shape index (κ1) is 15.9. The van der Waals surface area contributed by atoms with Crippen LogP contribution in [0.1, 0.15) is 49.4 Å². The van der Waals surface area contributed by atoms with Crippen molar-refractivity contribution < 1.29 is 4.74 Å². The minimum absolute atomic E-state index is 0.283. The predicted molar refractivity (Wildman–Crippen MR) is 79.2 cm³/mol. The molecule has 0 saturated heterocycles. The Morgan fingerprint density at radius 1 is 1.37 bits per heavy atom. The summed E-state index contributed by atoms with van der Waals surface area (Å²) >= 11 is 0. The molecule has 0 aliphatic rings. The lowest BCUT2D eigenvalue weighted by molar-refractivity contribution is 0.405. The maximum Gasteiger partial charge on any atom is 0.128 e. The second-order valence-corrected chi connectivity index (χ2v) is 5.11. The molecule has 0 fully saturated rings. The fraction of sp³-hybridized carbons (Fsp3) is 0.667. The lowest BCUT2D eigenvalue weighted by Gasteiger charge is -2.18. The Bertz CT molecular complexity index is 393. The molecule has 1 atom stereocenters. The van der Waals surface area contributed by atoms with E-state index in [2.05, 4.69) is 24.3 Å². The van der Waals surface area contributed by atoms with E-state index < -0.39 is 0 Å². The highest BCUT2D eigenvalue weighted by Gasteiger charge is 2.14. The van der Waals surface area contributed by atoms with E-state index in [1.807, 2.05) is 13.1 Å². The van der Waals surface area contributed by atoms with Crippen LogP contribution in [0.3, 0.4) is 0 Å². The van der Waals surface area contributed by atoms with Crippen molar-refractivity contribution in [2.24, 2.45) is 5.84 Å². The average molecular weight is 265 g/mol. The highest BCUT2D eigenvalue weighted by atomic mass is 16.5. The van der Waals surface area contributed by atoms with E-state index >= 15 is 0 Å². The van der Waals surface area contributed by atoms with E-state index in [1.165, 1.54) is 19.3 Å². The number of hydrazine groups is 1. The van der Waals surface area contributed by atoms with Gasteiger partial charge < -0.3 is 4.74 Å². The molecule has 0 aromatic carbocycles. The summed E-state index contributed by atoms with van der Waals surface area (Å²) in [5.74, 6) is 6.58. The number of unbranched alkanes of at least 4 members (excludes halogenated alkanes) is 2. The number of aryl methyl sites for hydroxylation is 1. The summed E-state index contributed by atoms with van der Waals surface area (Å²) in [6, 6.07) is 0.283. The Hall–Kier alpha value is -1.13. The van der Waals surface area contributed by atoms with Gasteiger partial charge in [0, 0.05) is 35.5 Å². The molecule has 0 radical (unpaired) electrons. The monoisotopic (exact) mass is 265 g/mol. The summed E-state index contributed by atoms with van der Waals surface area (Å²) < 4.78 is 5.44. The molecule has 0 aliphatic carbocycles. The number of aromatic nitrogens is 1. The second-order valence-electron chi connectivity index (χ2n) is 5.11. The number of methoxy groups -OCH3 is 1. The third kappa shape index (κ3) is 4.48. The Labute approximate surface area is 116 Å². The number of nitrogens with one attached hydrogen (secondary N) is 1. The van der Waals surface area contributed by atoms with Gasteiger partial charge in [-0.15, -0.1) is 0 Å². The molecule has 1 rings (SSSR count). The summed E-state index contributed by atoms with van der Waals surface area (Å²) in [6.07, 6.45) is 7.49. The number of rotatable bonds is 8. The van der Waals surface area contributed by atoms with E-state index in [9.17, 15) is 0 Å². The number of nitrogens with two attached hydrogens (primary N) is 1.